The van der Waals surface area contributed by atoms with Crippen molar-refractivity contribution in [1.82, 2.24) is 5.43 Å². The molecule has 0 atom stereocenters. The van der Waals surface area contributed by atoms with Crippen LogP contribution in [0, 0.1) is 0 Å². The first-order valence-electron chi connectivity index (χ1n) is 2.22. The number of hydrogen-bond acceptors (Lipinski definition) is 3. The second kappa shape index (κ2) is 9.84. The van der Waals surface area contributed by atoms with E-state index in [1.807, 2.05) is 0 Å². The molecule has 0 saturated heterocycles. The average molecular weight is 244 g/mol. The molecule has 0 bridgehead atoms. The second-order valence-electron chi connectivity index (χ2n) is 1.34. The van der Waals surface area contributed by atoms with Crippen molar-refractivity contribution in [3.8, 4) is 0 Å². The van der Waals surface area contributed by atoms with Gasteiger partial charge in [-0.05, 0) is 12.2 Å². The van der Waals surface area contributed by atoms with E-state index >= 15 is 0 Å². The molecule has 0 aliphatic heterocycles. The molecule has 0 unspecified atom stereocenters. The van der Waals surface area contributed by atoms with Crippen LogP contribution < -0.4 is 23.6 Å². The van der Waals surface area contributed by atoms with Crippen molar-refractivity contribution in [3.05, 3.63) is 0 Å². The molecule has 0 amide bonds. The van der Waals surface area contributed by atoms with Crippen LogP contribution in [-0.4, -0.2) is 17.1 Å². The summed E-state index contributed by atoms with van der Waals surface area (Å²) in [5, 5.41) is 3.43. The molecule has 3 N–H and O–H groups in total. The molecule has 0 rings (SSSR count). The van der Waals surface area contributed by atoms with E-state index in [1.54, 1.807) is 0 Å². The summed E-state index contributed by atoms with van der Waals surface area (Å²) in [7, 11) is 0. The van der Waals surface area contributed by atoms with Gasteiger partial charge < -0.3 is 18.1 Å². The van der Waals surface area contributed by atoms with E-state index in [1.165, 1.54) is 6.92 Å². The van der Waals surface area contributed by atoms with Gasteiger partial charge in [-0.3, -0.25) is 10.2 Å². The molecular formula is C4H7ClCuN3OS. The molecule has 0 aromatic rings. The maximum absolute atomic E-state index is 10.2. The molecule has 0 spiro atoms. The molecule has 7 heteroatoms. The summed E-state index contributed by atoms with van der Waals surface area (Å²) in [6.45, 7) is 1.38. The van der Waals surface area contributed by atoms with E-state index in [9.17, 15) is 4.79 Å². The van der Waals surface area contributed by atoms with E-state index in [2.05, 4.69) is 22.7 Å². The van der Waals surface area contributed by atoms with Crippen LogP contribution in [0.2, 0.25) is 0 Å². The smallest absolute Gasteiger partial charge is 1.00 e. The second-order valence-corrected chi connectivity index (χ2v) is 1.78. The van der Waals surface area contributed by atoms with E-state index in [0.717, 1.165) is 6.21 Å². The Bertz CT molecular complexity index is 163. The fourth-order valence-corrected chi connectivity index (χ4v) is 0.240. The van der Waals surface area contributed by atoms with E-state index in [-0.39, 0.29) is 40.4 Å². The number of Topliss-reactive ketones (excluding diaryl/α,β-unsaturated/α-hetero) is 1. The zero-order valence-electron chi connectivity index (χ0n) is 5.60. The first-order valence-corrected chi connectivity index (χ1v) is 2.63. The van der Waals surface area contributed by atoms with Crippen LogP contribution in [-0.2, 0) is 21.9 Å². The quantitative estimate of drug-likeness (QED) is 0.228. The van der Waals surface area contributed by atoms with Crippen LogP contribution in [0.4, 0.5) is 0 Å². The zero-order valence-corrected chi connectivity index (χ0v) is 8.11. The van der Waals surface area contributed by atoms with Gasteiger partial charge in [0.2, 0.25) is 0 Å². The Labute approximate surface area is 86.9 Å². The Morgan fingerprint density at radius 3 is 2.45 bits per heavy atom. The summed E-state index contributed by atoms with van der Waals surface area (Å²) in [6.07, 6.45) is 1.10. The van der Waals surface area contributed by atoms with Gasteiger partial charge in [0.05, 0.1) is 6.21 Å². The Balaban J connectivity index is -0.000000320. The molecule has 0 heterocycles. The van der Waals surface area contributed by atoms with Crippen LogP contribution in [0.1, 0.15) is 6.92 Å². The van der Waals surface area contributed by atoms with E-state index in [4.69, 9.17) is 5.73 Å². The summed E-state index contributed by atoms with van der Waals surface area (Å²) in [6, 6.07) is 0. The number of nitrogens with one attached hydrogen (secondary N) is 1. The third-order valence-corrected chi connectivity index (χ3v) is 0.512. The van der Waals surface area contributed by atoms with Gasteiger partial charge in [0.1, 0.15) is 0 Å². The maximum Gasteiger partial charge on any atom is 1.00 e. The number of hydrazone groups is 1. The predicted molar refractivity (Wildman–Crippen MR) is 39.1 cm³/mol. The molecule has 0 aromatic carbocycles. The fraction of sp³-hybridized carbons (Fsp3) is 0.250. The Morgan fingerprint density at radius 1 is 1.73 bits per heavy atom. The molecule has 0 aromatic heterocycles. The third kappa shape index (κ3) is 17.7. The molecule has 0 radical (unpaired) electrons. The minimum absolute atomic E-state index is 0. The number of carbonyl (C=O) groups is 1. The van der Waals surface area contributed by atoms with Crippen LogP contribution in [0.25, 0.3) is 0 Å². The molecule has 0 aliphatic rings. The van der Waals surface area contributed by atoms with Crippen molar-refractivity contribution in [1.29, 1.82) is 0 Å². The Morgan fingerprint density at radius 2 is 2.18 bits per heavy atom. The summed E-state index contributed by atoms with van der Waals surface area (Å²) in [4.78, 5) is 10.2. The first-order chi connectivity index (χ1) is 4.13. The van der Waals surface area contributed by atoms with Crippen LogP contribution in [0.5, 0.6) is 0 Å². The normalized spacial score (nSPS) is 7.73. The van der Waals surface area contributed by atoms with Gasteiger partial charge >= 0.3 is 17.1 Å². The fourth-order valence-electron chi connectivity index (χ4n) is 0.187. The van der Waals surface area contributed by atoms with Crippen molar-refractivity contribution < 1.29 is 34.3 Å². The minimum atomic E-state index is -0.154. The number of thiocarbonyl (C=S) groups is 1. The first kappa shape index (κ1) is 17.1. The van der Waals surface area contributed by atoms with Crippen LogP contribution in [0.15, 0.2) is 5.10 Å². The number of hydrogen-bond donors (Lipinski definition) is 2. The van der Waals surface area contributed by atoms with Crippen molar-refractivity contribution in [2.75, 3.05) is 0 Å². The van der Waals surface area contributed by atoms with Gasteiger partial charge in [-0.1, -0.05) is 0 Å². The number of ketones is 1. The number of nitrogens with two attached hydrogens (primary N) is 1. The van der Waals surface area contributed by atoms with Gasteiger partial charge in [0.25, 0.3) is 0 Å². The van der Waals surface area contributed by atoms with Gasteiger partial charge in [-0.25, -0.2) is 0 Å². The van der Waals surface area contributed by atoms with Crippen LogP contribution >= 0.6 is 12.2 Å². The predicted octanol–water partition coefficient (Wildman–Crippen LogP) is -3.60. The standard InChI is InChI=1S/C4H7N3OS.ClH.Cu/c1-3(8)2-6-7-4(5)9;;/h2H,1H3,(H3,5,7,9);1H;/q;;+1/p-1/b6-2-;;. The van der Waals surface area contributed by atoms with Crippen molar-refractivity contribution >= 4 is 29.3 Å². The maximum atomic E-state index is 10.2. The van der Waals surface area contributed by atoms with Gasteiger partial charge in [-0.2, -0.15) is 5.10 Å². The largest absolute Gasteiger partial charge is 1.00 e. The Kier molecular flexibility index (Phi) is 15.3. The minimum Gasteiger partial charge on any atom is -1.00 e. The number of nitrogens with zero attached hydrogens (tertiary/aromatic N) is 1. The molecule has 11 heavy (non-hydrogen) atoms. The molecule has 4 nitrogen and oxygen atoms in total. The summed E-state index contributed by atoms with van der Waals surface area (Å²) in [5.74, 6) is -0.154. The molecule has 0 fully saturated rings. The molecular weight excluding hydrogens is 237 g/mol. The SMILES string of the molecule is CC(=O)/C=N\NC(N)=S.[Cl-].[Cu+]. The average Bonchev–Trinajstić information content (AvgIpc) is 1.63. The van der Waals surface area contributed by atoms with Gasteiger partial charge in [0, 0.05) is 6.92 Å². The van der Waals surface area contributed by atoms with Gasteiger partial charge in [0.15, 0.2) is 10.9 Å². The molecule has 0 saturated carbocycles. The van der Waals surface area contributed by atoms with Crippen molar-refractivity contribution in [2.24, 2.45) is 10.8 Å². The topological polar surface area (TPSA) is 67.5 Å². The summed E-state index contributed by atoms with van der Waals surface area (Å²) < 4.78 is 0. The van der Waals surface area contributed by atoms with Crippen molar-refractivity contribution in [2.45, 2.75) is 6.92 Å². The Hall–Kier alpha value is -0.161. The van der Waals surface area contributed by atoms with Crippen molar-refractivity contribution in [3.63, 3.8) is 0 Å². The monoisotopic (exact) mass is 243 g/mol. The molecule has 0 aliphatic carbocycles. The number of carbonyl (C=O) groups excluding carboxylic acids is 1. The molecule has 68 valence electrons. The van der Waals surface area contributed by atoms with E-state index in [0.29, 0.717) is 0 Å². The number of halogens is 1. The summed E-state index contributed by atoms with van der Waals surface area (Å²) in [5.41, 5.74) is 7.21. The summed E-state index contributed by atoms with van der Waals surface area (Å²) >= 11 is 4.39. The number of rotatable bonds is 2. The zero-order chi connectivity index (χ0) is 7.28. The third-order valence-electron chi connectivity index (χ3n) is 0.421. The van der Waals surface area contributed by atoms with E-state index < -0.39 is 0 Å². The van der Waals surface area contributed by atoms with Gasteiger partial charge in [-0.15, -0.1) is 0 Å². The van der Waals surface area contributed by atoms with Crippen LogP contribution in [0.3, 0.4) is 0 Å².